The summed E-state index contributed by atoms with van der Waals surface area (Å²) >= 11 is 0. The summed E-state index contributed by atoms with van der Waals surface area (Å²) in [5.74, 6) is 3.81. The molecular formula is C22H23NO3. The second-order valence-corrected chi connectivity index (χ2v) is 7.23. The van der Waals surface area contributed by atoms with E-state index >= 15 is 0 Å². The van der Waals surface area contributed by atoms with Gasteiger partial charge < -0.3 is 13.7 Å². The third-order valence-electron chi connectivity index (χ3n) is 5.02. The molecule has 1 saturated carbocycles. The Kier molecular flexibility index (Phi) is 4.41. The monoisotopic (exact) mass is 349 g/mol. The number of carbonyl (C=O) groups excluding carboxylic acids is 1. The summed E-state index contributed by atoms with van der Waals surface area (Å²) in [6.07, 6.45) is 2.81. The molecule has 2 atom stereocenters. The van der Waals surface area contributed by atoms with Crippen LogP contribution in [0.3, 0.4) is 0 Å². The van der Waals surface area contributed by atoms with E-state index in [0.717, 1.165) is 22.8 Å². The van der Waals surface area contributed by atoms with Gasteiger partial charge in [0, 0.05) is 11.5 Å². The summed E-state index contributed by atoms with van der Waals surface area (Å²) in [4.78, 5) is 14.8. The third-order valence-corrected chi connectivity index (χ3v) is 5.02. The van der Waals surface area contributed by atoms with Crippen LogP contribution in [0.1, 0.15) is 52.5 Å². The molecule has 2 heterocycles. The number of hydrogen-bond donors (Lipinski definition) is 0. The molecule has 1 fully saturated rings. The van der Waals surface area contributed by atoms with Gasteiger partial charge in [-0.05, 0) is 55.7 Å². The van der Waals surface area contributed by atoms with E-state index in [4.69, 9.17) is 8.83 Å². The highest BCUT2D eigenvalue weighted by molar-refractivity contribution is 5.94. The van der Waals surface area contributed by atoms with Gasteiger partial charge in [0.25, 0.3) is 5.91 Å². The fourth-order valence-electron chi connectivity index (χ4n) is 3.25. The van der Waals surface area contributed by atoms with Crippen LogP contribution in [0.25, 0.3) is 0 Å². The van der Waals surface area contributed by atoms with Crippen LogP contribution in [0.4, 0.5) is 0 Å². The van der Waals surface area contributed by atoms with Crippen LogP contribution in [-0.4, -0.2) is 10.8 Å². The van der Waals surface area contributed by atoms with Crippen LogP contribution in [0, 0.1) is 12.8 Å². The molecule has 2 unspecified atom stereocenters. The molecule has 2 aromatic heterocycles. The lowest BCUT2D eigenvalue weighted by atomic mass is 10.1. The summed E-state index contributed by atoms with van der Waals surface area (Å²) in [5.41, 5.74) is 1.80. The van der Waals surface area contributed by atoms with Crippen molar-refractivity contribution in [3.05, 3.63) is 83.2 Å². The molecular weight excluding hydrogens is 326 g/mol. The molecule has 4 rings (SSSR count). The van der Waals surface area contributed by atoms with Crippen LogP contribution in [0.5, 0.6) is 0 Å². The standard InChI is InChI=1S/C22H23NO3/c1-15-5-7-17(8-6-15)22(24)23(13-18-4-3-11-25-18)14-19-9-10-21(26-19)20-12-16(20)2/h3-11,16,20H,12-14H2,1-2H3. The largest absolute Gasteiger partial charge is 0.467 e. The topological polar surface area (TPSA) is 46.6 Å². The molecule has 4 heteroatoms. The maximum Gasteiger partial charge on any atom is 0.254 e. The van der Waals surface area contributed by atoms with Gasteiger partial charge in [0.2, 0.25) is 0 Å². The molecule has 4 nitrogen and oxygen atoms in total. The van der Waals surface area contributed by atoms with Crippen LogP contribution in [0.2, 0.25) is 0 Å². The van der Waals surface area contributed by atoms with E-state index in [9.17, 15) is 4.79 Å². The van der Waals surface area contributed by atoms with Crippen molar-refractivity contribution in [1.82, 2.24) is 4.90 Å². The minimum atomic E-state index is -0.0286. The van der Waals surface area contributed by atoms with E-state index in [1.54, 1.807) is 11.2 Å². The smallest absolute Gasteiger partial charge is 0.254 e. The second-order valence-electron chi connectivity index (χ2n) is 7.23. The van der Waals surface area contributed by atoms with Gasteiger partial charge in [-0.15, -0.1) is 0 Å². The van der Waals surface area contributed by atoms with E-state index < -0.39 is 0 Å². The minimum Gasteiger partial charge on any atom is -0.467 e. The van der Waals surface area contributed by atoms with E-state index in [0.29, 0.717) is 30.5 Å². The van der Waals surface area contributed by atoms with Crippen LogP contribution >= 0.6 is 0 Å². The summed E-state index contributed by atoms with van der Waals surface area (Å²) in [7, 11) is 0. The highest BCUT2D eigenvalue weighted by Gasteiger charge is 2.36. The molecule has 3 aromatic rings. The molecule has 134 valence electrons. The van der Waals surface area contributed by atoms with Gasteiger partial charge in [0.1, 0.15) is 17.3 Å². The predicted octanol–water partition coefficient (Wildman–Crippen LogP) is 5.15. The van der Waals surface area contributed by atoms with Crippen molar-refractivity contribution in [2.75, 3.05) is 0 Å². The Labute approximate surface area is 153 Å². The lowest BCUT2D eigenvalue weighted by Gasteiger charge is -2.21. The Hall–Kier alpha value is -2.75. The quantitative estimate of drug-likeness (QED) is 0.618. The van der Waals surface area contributed by atoms with Gasteiger partial charge in [-0.2, -0.15) is 0 Å². The first-order valence-electron chi connectivity index (χ1n) is 9.07. The van der Waals surface area contributed by atoms with Crippen LogP contribution < -0.4 is 0 Å². The van der Waals surface area contributed by atoms with Crippen molar-refractivity contribution >= 4 is 5.91 Å². The number of hydrogen-bond acceptors (Lipinski definition) is 3. The zero-order chi connectivity index (χ0) is 18.1. The zero-order valence-electron chi connectivity index (χ0n) is 15.1. The highest BCUT2D eigenvalue weighted by Crippen LogP contribution is 2.47. The van der Waals surface area contributed by atoms with E-state index in [1.807, 2.05) is 55.5 Å². The van der Waals surface area contributed by atoms with Crippen molar-refractivity contribution < 1.29 is 13.6 Å². The summed E-state index contributed by atoms with van der Waals surface area (Å²) in [5, 5.41) is 0. The first-order valence-corrected chi connectivity index (χ1v) is 9.07. The van der Waals surface area contributed by atoms with Crippen molar-refractivity contribution in [2.45, 2.75) is 39.3 Å². The van der Waals surface area contributed by atoms with E-state index in [2.05, 4.69) is 6.92 Å². The highest BCUT2D eigenvalue weighted by atomic mass is 16.3. The van der Waals surface area contributed by atoms with E-state index in [-0.39, 0.29) is 5.91 Å². The van der Waals surface area contributed by atoms with Gasteiger partial charge >= 0.3 is 0 Å². The zero-order valence-corrected chi connectivity index (χ0v) is 15.1. The summed E-state index contributed by atoms with van der Waals surface area (Å²) < 4.78 is 11.5. The molecule has 0 bridgehead atoms. The Morgan fingerprint density at radius 2 is 1.81 bits per heavy atom. The number of benzene rings is 1. The molecule has 1 aliphatic carbocycles. The maximum atomic E-state index is 13.0. The maximum absolute atomic E-state index is 13.0. The summed E-state index contributed by atoms with van der Waals surface area (Å²) in [6, 6.07) is 15.4. The Bertz CT molecular complexity index is 877. The normalized spacial score (nSPS) is 18.7. The first-order chi connectivity index (χ1) is 12.6. The number of carbonyl (C=O) groups is 1. The Balaban J connectivity index is 1.54. The van der Waals surface area contributed by atoms with Gasteiger partial charge in [-0.25, -0.2) is 0 Å². The molecule has 0 aliphatic heterocycles. The molecule has 1 aromatic carbocycles. The first kappa shape index (κ1) is 16.7. The number of nitrogens with zero attached hydrogens (tertiary/aromatic N) is 1. The average molecular weight is 349 g/mol. The molecule has 0 spiro atoms. The molecule has 0 radical (unpaired) electrons. The Morgan fingerprint density at radius 1 is 1.08 bits per heavy atom. The van der Waals surface area contributed by atoms with Gasteiger partial charge in [-0.3, -0.25) is 4.79 Å². The van der Waals surface area contributed by atoms with Crippen LogP contribution in [0.15, 0.2) is 63.6 Å². The Morgan fingerprint density at radius 3 is 2.46 bits per heavy atom. The van der Waals surface area contributed by atoms with E-state index in [1.165, 1.54) is 6.42 Å². The number of rotatable bonds is 6. The van der Waals surface area contributed by atoms with Crippen molar-refractivity contribution in [3.8, 4) is 0 Å². The molecule has 0 N–H and O–H groups in total. The fourth-order valence-corrected chi connectivity index (χ4v) is 3.25. The number of aryl methyl sites for hydroxylation is 1. The molecule has 26 heavy (non-hydrogen) atoms. The average Bonchev–Trinajstić information content (AvgIpc) is 3.05. The predicted molar refractivity (Wildman–Crippen MR) is 98.7 cm³/mol. The van der Waals surface area contributed by atoms with Gasteiger partial charge in [0.05, 0.1) is 19.4 Å². The lowest BCUT2D eigenvalue weighted by Crippen LogP contribution is -2.29. The molecule has 0 saturated heterocycles. The molecule has 1 amide bonds. The second kappa shape index (κ2) is 6.87. The fraction of sp³-hybridized carbons (Fsp3) is 0.318. The molecule has 1 aliphatic rings. The third kappa shape index (κ3) is 3.59. The van der Waals surface area contributed by atoms with Crippen molar-refractivity contribution in [3.63, 3.8) is 0 Å². The lowest BCUT2D eigenvalue weighted by molar-refractivity contribution is 0.0704. The van der Waals surface area contributed by atoms with Crippen LogP contribution in [-0.2, 0) is 13.1 Å². The number of furan rings is 2. The van der Waals surface area contributed by atoms with Crippen molar-refractivity contribution in [1.29, 1.82) is 0 Å². The minimum absolute atomic E-state index is 0.0286. The van der Waals surface area contributed by atoms with Crippen molar-refractivity contribution in [2.24, 2.45) is 5.92 Å². The van der Waals surface area contributed by atoms with Gasteiger partial charge in [0.15, 0.2) is 0 Å². The SMILES string of the molecule is Cc1ccc(C(=O)N(Cc2ccco2)Cc2ccc(C3CC3C)o2)cc1. The van der Waals surface area contributed by atoms with Gasteiger partial charge in [-0.1, -0.05) is 24.6 Å². The summed E-state index contributed by atoms with van der Waals surface area (Å²) in [6.45, 7) is 5.08. The number of amides is 1.